The molecule has 0 atom stereocenters. The molecule has 0 saturated heterocycles. The zero-order valence-electron chi connectivity index (χ0n) is 7.55. The molecule has 0 aliphatic rings. The predicted molar refractivity (Wildman–Crippen MR) is 59.7 cm³/mol. The molecule has 0 N–H and O–H groups in total. The van der Waals surface area contributed by atoms with Gasteiger partial charge in [-0.05, 0) is 24.3 Å². The van der Waals surface area contributed by atoms with Crippen molar-refractivity contribution in [1.29, 1.82) is 0 Å². The van der Waals surface area contributed by atoms with E-state index < -0.39 is 0 Å². The van der Waals surface area contributed by atoms with Crippen LogP contribution in [0.4, 0.5) is 4.39 Å². The number of halogens is 3. The van der Waals surface area contributed by atoms with Crippen LogP contribution in [0.3, 0.4) is 0 Å². The van der Waals surface area contributed by atoms with Crippen molar-refractivity contribution in [1.82, 2.24) is 4.98 Å². The summed E-state index contributed by atoms with van der Waals surface area (Å²) in [6, 6.07) is 7.59. The molecule has 0 spiro atoms. The average Bonchev–Trinajstić information content (AvgIpc) is 2.22. The van der Waals surface area contributed by atoms with E-state index in [1.165, 1.54) is 18.3 Å². The minimum atomic E-state index is -0.351. The fourth-order valence-electron chi connectivity index (χ4n) is 1.25. The number of rotatable bonds is 1. The maximum Gasteiger partial charge on any atom is 0.126 e. The van der Waals surface area contributed by atoms with Crippen LogP contribution in [-0.4, -0.2) is 4.98 Å². The summed E-state index contributed by atoms with van der Waals surface area (Å²) >= 11 is 11.8. The van der Waals surface area contributed by atoms with Gasteiger partial charge < -0.3 is 0 Å². The minimum absolute atomic E-state index is 0.351. The summed E-state index contributed by atoms with van der Waals surface area (Å²) in [5.41, 5.74) is 1.10. The SMILES string of the molecule is Fc1ccnc(-c2cc(Cl)ccc2Cl)c1. The Hall–Kier alpha value is -1.12. The van der Waals surface area contributed by atoms with Crippen LogP contribution in [0, 0.1) is 5.82 Å². The average molecular weight is 242 g/mol. The fraction of sp³-hybridized carbons (Fsp3) is 0. The third-order valence-corrected chi connectivity index (χ3v) is 2.49. The van der Waals surface area contributed by atoms with E-state index in [2.05, 4.69) is 4.98 Å². The molecule has 0 aliphatic heterocycles. The summed E-state index contributed by atoms with van der Waals surface area (Å²) in [5, 5.41) is 1.04. The van der Waals surface area contributed by atoms with Gasteiger partial charge in [0.05, 0.1) is 10.7 Å². The highest BCUT2D eigenvalue weighted by Gasteiger charge is 2.06. The van der Waals surface area contributed by atoms with E-state index in [0.29, 0.717) is 21.3 Å². The lowest BCUT2D eigenvalue weighted by molar-refractivity contribution is 0.626. The van der Waals surface area contributed by atoms with E-state index in [1.807, 2.05) is 0 Å². The molecular formula is C11H6Cl2FN. The molecule has 4 heteroatoms. The Labute approximate surface area is 96.5 Å². The molecule has 2 aromatic rings. The topological polar surface area (TPSA) is 12.9 Å². The van der Waals surface area contributed by atoms with Crippen LogP contribution in [0.2, 0.25) is 10.0 Å². The molecule has 0 aliphatic carbocycles. The van der Waals surface area contributed by atoms with Crippen molar-refractivity contribution in [2.24, 2.45) is 0 Å². The zero-order valence-corrected chi connectivity index (χ0v) is 9.06. The molecule has 0 radical (unpaired) electrons. The fourth-order valence-corrected chi connectivity index (χ4v) is 1.63. The lowest BCUT2D eigenvalue weighted by atomic mass is 10.1. The third-order valence-electron chi connectivity index (χ3n) is 1.93. The monoisotopic (exact) mass is 241 g/mol. The van der Waals surface area contributed by atoms with Gasteiger partial charge in [-0.15, -0.1) is 0 Å². The second-order valence-electron chi connectivity index (χ2n) is 2.98. The molecule has 0 unspecified atom stereocenters. The molecule has 2 rings (SSSR count). The number of aromatic nitrogens is 1. The van der Waals surface area contributed by atoms with Gasteiger partial charge in [0.1, 0.15) is 5.82 Å². The summed E-state index contributed by atoms with van der Waals surface area (Å²) in [5.74, 6) is -0.351. The van der Waals surface area contributed by atoms with Gasteiger partial charge in [-0.25, -0.2) is 4.39 Å². The first-order chi connectivity index (χ1) is 7.16. The van der Waals surface area contributed by atoms with E-state index in [4.69, 9.17) is 23.2 Å². The van der Waals surface area contributed by atoms with Crippen molar-refractivity contribution in [2.75, 3.05) is 0 Å². The van der Waals surface area contributed by atoms with Gasteiger partial charge in [0, 0.05) is 22.8 Å². The highest BCUT2D eigenvalue weighted by atomic mass is 35.5. The molecule has 1 nitrogen and oxygen atoms in total. The quantitative estimate of drug-likeness (QED) is 0.730. The second-order valence-corrected chi connectivity index (χ2v) is 3.83. The van der Waals surface area contributed by atoms with Crippen LogP contribution in [0.15, 0.2) is 36.5 Å². The highest BCUT2D eigenvalue weighted by Crippen LogP contribution is 2.29. The van der Waals surface area contributed by atoms with Crippen molar-refractivity contribution < 1.29 is 4.39 Å². The standard InChI is InChI=1S/C11H6Cl2FN/c12-7-1-2-10(13)9(5-7)11-6-8(14)3-4-15-11/h1-6H. The highest BCUT2D eigenvalue weighted by molar-refractivity contribution is 6.35. The van der Waals surface area contributed by atoms with Crippen LogP contribution in [0.1, 0.15) is 0 Å². The molecular weight excluding hydrogens is 236 g/mol. The normalized spacial score (nSPS) is 10.3. The zero-order chi connectivity index (χ0) is 10.8. The maximum absolute atomic E-state index is 13.0. The van der Waals surface area contributed by atoms with Crippen molar-refractivity contribution in [3.63, 3.8) is 0 Å². The molecule has 76 valence electrons. The second kappa shape index (κ2) is 4.17. The predicted octanol–water partition coefficient (Wildman–Crippen LogP) is 4.19. The molecule has 0 amide bonds. The lowest BCUT2D eigenvalue weighted by Crippen LogP contribution is -1.86. The van der Waals surface area contributed by atoms with Gasteiger partial charge in [-0.1, -0.05) is 23.2 Å². The van der Waals surface area contributed by atoms with Crippen LogP contribution < -0.4 is 0 Å². The van der Waals surface area contributed by atoms with Crippen LogP contribution in [-0.2, 0) is 0 Å². The molecule has 0 fully saturated rings. The summed E-state index contributed by atoms with van der Waals surface area (Å²) in [6.45, 7) is 0. The number of benzene rings is 1. The van der Waals surface area contributed by atoms with E-state index in [0.717, 1.165) is 0 Å². The minimum Gasteiger partial charge on any atom is -0.256 e. The van der Waals surface area contributed by atoms with Gasteiger partial charge in [-0.2, -0.15) is 0 Å². The van der Waals surface area contributed by atoms with Gasteiger partial charge in [0.25, 0.3) is 0 Å². The van der Waals surface area contributed by atoms with E-state index >= 15 is 0 Å². The van der Waals surface area contributed by atoms with Crippen molar-refractivity contribution in [3.8, 4) is 11.3 Å². The Morgan fingerprint density at radius 2 is 1.87 bits per heavy atom. The summed E-state index contributed by atoms with van der Waals surface area (Å²) in [7, 11) is 0. The summed E-state index contributed by atoms with van der Waals surface area (Å²) < 4.78 is 13.0. The van der Waals surface area contributed by atoms with Gasteiger partial charge >= 0.3 is 0 Å². The lowest BCUT2D eigenvalue weighted by Gasteiger charge is -2.03. The summed E-state index contributed by atoms with van der Waals surface area (Å²) in [6.07, 6.45) is 1.39. The first kappa shape index (κ1) is 10.4. The van der Waals surface area contributed by atoms with Gasteiger partial charge in [0.2, 0.25) is 0 Å². The van der Waals surface area contributed by atoms with Crippen molar-refractivity contribution in [2.45, 2.75) is 0 Å². The number of pyridine rings is 1. The van der Waals surface area contributed by atoms with E-state index in [9.17, 15) is 4.39 Å². The third kappa shape index (κ3) is 2.28. The Morgan fingerprint density at radius 1 is 1.07 bits per heavy atom. The van der Waals surface area contributed by atoms with Crippen LogP contribution in [0.5, 0.6) is 0 Å². The first-order valence-corrected chi connectivity index (χ1v) is 4.99. The number of hydrogen-bond acceptors (Lipinski definition) is 1. The molecule has 0 saturated carbocycles. The largest absolute Gasteiger partial charge is 0.256 e. The molecule has 1 aromatic carbocycles. The molecule has 1 aromatic heterocycles. The number of hydrogen-bond donors (Lipinski definition) is 0. The van der Waals surface area contributed by atoms with Crippen molar-refractivity contribution >= 4 is 23.2 Å². The molecule has 0 bridgehead atoms. The van der Waals surface area contributed by atoms with Gasteiger partial charge in [0.15, 0.2) is 0 Å². The van der Waals surface area contributed by atoms with Gasteiger partial charge in [-0.3, -0.25) is 4.98 Å². The Balaban J connectivity index is 2.58. The smallest absolute Gasteiger partial charge is 0.126 e. The Kier molecular flexibility index (Phi) is 2.89. The number of nitrogens with zero attached hydrogens (tertiary/aromatic N) is 1. The maximum atomic E-state index is 13.0. The Morgan fingerprint density at radius 3 is 2.60 bits per heavy atom. The first-order valence-electron chi connectivity index (χ1n) is 4.24. The summed E-state index contributed by atoms with van der Waals surface area (Å²) in [4.78, 5) is 4.03. The van der Waals surface area contributed by atoms with E-state index in [-0.39, 0.29) is 5.82 Å². The Bertz CT molecular complexity index is 500. The van der Waals surface area contributed by atoms with Crippen LogP contribution in [0.25, 0.3) is 11.3 Å². The molecule has 15 heavy (non-hydrogen) atoms. The van der Waals surface area contributed by atoms with Crippen LogP contribution >= 0.6 is 23.2 Å². The molecule has 1 heterocycles. The van der Waals surface area contributed by atoms with E-state index in [1.54, 1.807) is 18.2 Å². The van der Waals surface area contributed by atoms with Crippen molar-refractivity contribution in [3.05, 3.63) is 52.4 Å².